The van der Waals surface area contributed by atoms with Gasteiger partial charge in [-0.15, -0.1) is 0 Å². The van der Waals surface area contributed by atoms with Crippen molar-refractivity contribution in [1.82, 2.24) is 10.6 Å². The molecule has 4 nitrogen and oxygen atoms in total. The molecular formula is C19H30N2O2. The topological polar surface area (TPSA) is 58.2 Å². The average molecular weight is 318 g/mol. The zero-order valence-corrected chi connectivity index (χ0v) is 15.2. The van der Waals surface area contributed by atoms with E-state index in [1.807, 2.05) is 71.9 Å². The van der Waals surface area contributed by atoms with Crippen LogP contribution in [0, 0.1) is 5.41 Å². The molecule has 4 heteroatoms. The van der Waals surface area contributed by atoms with Crippen molar-refractivity contribution in [3.8, 4) is 0 Å². The first-order valence-corrected chi connectivity index (χ1v) is 8.16. The molecule has 0 bridgehead atoms. The minimum absolute atomic E-state index is 0.111. The van der Waals surface area contributed by atoms with Crippen LogP contribution in [0.5, 0.6) is 0 Å². The predicted octanol–water partition coefficient (Wildman–Crippen LogP) is 3.06. The maximum Gasteiger partial charge on any atom is 0.242 e. The summed E-state index contributed by atoms with van der Waals surface area (Å²) in [6.45, 7) is 11.3. The summed E-state index contributed by atoms with van der Waals surface area (Å²) in [7, 11) is 0. The Morgan fingerprint density at radius 3 is 2.04 bits per heavy atom. The van der Waals surface area contributed by atoms with Gasteiger partial charge in [-0.05, 0) is 39.2 Å². The van der Waals surface area contributed by atoms with Crippen LogP contribution in [0.3, 0.4) is 0 Å². The molecule has 23 heavy (non-hydrogen) atoms. The van der Waals surface area contributed by atoms with Crippen molar-refractivity contribution >= 4 is 11.8 Å². The van der Waals surface area contributed by atoms with Crippen LogP contribution in [-0.2, 0) is 16.0 Å². The molecule has 0 spiro atoms. The summed E-state index contributed by atoms with van der Waals surface area (Å²) in [5.41, 5.74) is 0.313. The molecule has 0 radical (unpaired) electrons. The van der Waals surface area contributed by atoms with Crippen molar-refractivity contribution in [3.63, 3.8) is 0 Å². The predicted molar refractivity (Wildman–Crippen MR) is 94.0 cm³/mol. The highest BCUT2D eigenvalue weighted by Gasteiger charge is 2.28. The first kappa shape index (κ1) is 19.2. The van der Waals surface area contributed by atoms with Crippen molar-refractivity contribution in [2.75, 3.05) is 0 Å². The summed E-state index contributed by atoms with van der Waals surface area (Å²) in [5, 5.41) is 5.86. The molecule has 1 rings (SSSR count). The third-order valence-corrected chi connectivity index (χ3v) is 3.37. The molecule has 0 heterocycles. The molecule has 0 fully saturated rings. The minimum atomic E-state index is -0.527. The van der Waals surface area contributed by atoms with Crippen LogP contribution in [0.1, 0.15) is 53.5 Å². The SMILES string of the molecule is CC(C)(C)NC(=O)[C@H](CCc1ccccc1)NC(=O)C(C)(C)C. The van der Waals surface area contributed by atoms with E-state index in [1.54, 1.807) is 0 Å². The Hall–Kier alpha value is -1.84. The second kappa shape index (κ2) is 7.62. The lowest BCUT2D eigenvalue weighted by Crippen LogP contribution is -2.54. The highest BCUT2D eigenvalue weighted by Crippen LogP contribution is 2.14. The standard InChI is InChI=1S/C19H30N2O2/c1-18(2,3)17(23)20-15(16(22)21-19(4,5)6)13-12-14-10-8-7-9-11-14/h7-11,15H,12-13H2,1-6H3,(H,20,23)(H,21,22)/t15-/m0/s1. The lowest BCUT2D eigenvalue weighted by molar-refractivity contribution is -0.134. The Labute approximate surface area is 140 Å². The van der Waals surface area contributed by atoms with Gasteiger partial charge >= 0.3 is 0 Å². The molecule has 0 unspecified atom stereocenters. The van der Waals surface area contributed by atoms with Crippen molar-refractivity contribution in [2.45, 2.75) is 66.0 Å². The Morgan fingerprint density at radius 1 is 1.00 bits per heavy atom. The van der Waals surface area contributed by atoms with Gasteiger partial charge in [0.25, 0.3) is 0 Å². The maximum absolute atomic E-state index is 12.5. The maximum atomic E-state index is 12.5. The number of hydrogen-bond donors (Lipinski definition) is 2. The van der Waals surface area contributed by atoms with E-state index in [-0.39, 0.29) is 17.4 Å². The third-order valence-electron chi connectivity index (χ3n) is 3.37. The number of hydrogen-bond acceptors (Lipinski definition) is 2. The first-order chi connectivity index (χ1) is 10.5. The molecule has 1 atom stereocenters. The Kier molecular flexibility index (Phi) is 6.37. The van der Waals surface area contributed by atoms with Gasteiger partial charge in [-0.2, -0.15) is 0 Å². The second-order valence-corrected chi connectivity index (χ2v) is 8.04. The molecular weight excluding hydrogens is 288 g/mol. The molecule has 0 aromatic heterocycles. The van der Waals surface area contributed by atoms with Gasteiger partial charge in [-0.25, -0.2) is 0 Å². The fourth-order valence-corrected chi connectivity index (χ4v) is 2.06. The largest absolute Gasteiger partial charge is 0.350 e. The molecule has 0 aliphatic carbocycles. The van der Waals surface area contributed by atoms with Crippen LogP contribution < -0.4 is 10.6 Å². The Balaban J connectivity index is 2.79. The number of nitrogens with one attached hydrogen (secondary N) is 2. The molecule has 2 N–H and O–H groups in total. The Bertz CT molecular complexity index is 525. The number of aryl methyl sites for hydroxylation is 1. The van der Waals surface area contributed by atoms with Gasteiger partial charge in [0.2, 0.25) is 11.8 Å². The van der Waals surface area contributed by atoms with E-state index in [2.05, 4.69) is 10.6 Å². The summed E-state index contributed by atoms with van der Waals surface area (Å²) in [6, 6.07) is 9.46. The molecule has 1 aromatic rings. The van der Waals surface area contributed by atoms with Crippen molar-refractivity contribution in [2.24, 2.45) is 5.41 Å². The van der Waals surface area contributed by atoms with Crippen LogP contribution in [0.2, 0.25) is 0 Å². The number of carbonyl (C=O) groups excluding carboxylic acids is 2. The normalized spacial score (nSPS) is 13.3. The van der Waals surface area contributed by atoms with Crippen LogP contribution in [0.15, 0.2) is 30.3 Å². The summed E-state index contributed by atoms with van der Waals surface area (Å²) < 4.78 is 0. The van der Waals surface area contributed by atoms with Gasteiger partial charge in [0.05, 0.1) is 0 Å². The lowest BCUT2D eigenvalue weighted by atomic mass is 9.94. The highest BCUT2D eigenvalue weighted by molar-refractivity contribution is 5.89. The van der Waals surface area contributed by atoms with E-state index in [4.69, 9.17) is 0 Å². The van der Waals surface area contributed by atoms with E-state index in [9.17, 15) is 9.59 Å². The molecule has 0 saturated carbocycles. The summed E-state index contributed by atoms with van der Waals surface area (Å²) in [6.07, 6.45) is 1.32. The zero-order chi connectivity index (χ0) is 17.7. The molecule has 128 valence electrons. The van der Waals surface area contributed by atoms with Gasteiger partial charge in [0, 0.05) is 11.0 Å². The third kappa shape index (κ3) is 7.31. The Morgan fingerprint density at radius 2 is 1.57 bits per heavy atom. The van der Waals surface area contributed by atoms with Crippen molar-refractivity contribution < 1.29 is 9.59 Å². The van der Waals surface area contributed by atoms with Gasteiger partial charge in [-0.3, -0.25) is 9.59 Å². The molecule has 2 amide bonds. The second-order valence-electron chi connectivity index (χ2n) is 8.04. The zero-order valence-electron chi connectivity index (χ0n) is 15.2. The van der Waals surface area contributed by atoms with Crippen LogP contribution in [0.25, 0.3) is 0 Å². The average Bonchev–Trinajstić information content (AvgIpc) is 2.41. The number of amides is 2. The van der Waals surface area contributed by atoms with Crippen molar-refractivity contribution in [1.29, 1.82) is 0 Å². The monoisotopic (exact) mass is 318 g/mol. The summed E-state index contributed by atoms with van der Waals surface area (Å²) in [5.74, 6) is -0.245. The van der Waals surface area contributed by atoms with E-state index in [0.29, 0.717) is 6.42 Å². The van der Waals surface area contributed by atoms with E-state index < -0.39 is 11.5 Å². The van der Waals surface area contributed by atoms with Gasteiger partial charge < -0.3 is 10.6 Å². The minimum Gasteiger partial charge on any atom is -0.350 e. The van der Waals surface area contributed by atoms with E-state index in [1.165, 1.54) is 0 Å². The van der Waals surface area contributed by atoms with Gasteiger partial charge in [0.15, 0.2) is 0 Å². The van der Waals surface area contributed by atoms with Crippen LogP contribution in [0.4, 0.5) is 0 Å². The number of rotatable bonds is 5. The van der Waals surface area contributed by atoms with Gasteiger partial charge in [-0.1, -0.05) is 51.1 Å². The molecule has 0 aliphatic heterocycles. The lowest BCUT2D eigenvalue weighted by Gasteiger charge is -2.28. The summed E-state index contributed by atoms with van der Waals surface area (Å²) >= 11 is 0. The molecule has 0 aliphatic rings. The summed E-state index contributed by atoms with van der Waals surface area (Å²) in [4.78, 5) is 24.8. The molecule has 1 aromatic carbocycles. The quantitative estimate of drug-likeness (QED) is 0.876. The van der Waals surface area contributed by atoms with E-state index in [0.717, 1.165) is 12.0 Å². The fraction of sp³-hybridized carbons (Fsp3) is 0.579. The van der Waals surface area contributed by atoms with Crippen LogP contribution in [-0.4, -0.2) is 23.4 Å². The fourth-order valence-electron chi connectivity index (χ4n) is 2.06. The smallest absolute Gasteiger partial charge is 0.242 e. The van der Waals surface area contributed by atoms with Crippen LogP contribution >= 0.6 is 0 Å². The number of benzene rings is 1. The van der Waals surface area contributed by atoms with Gasteiger partial charge in [0.1, 0.15) is 6.04 Å². The molecule has 0 saturated heterocycles. The van der Waals surface area contributed by atoms with Crippen molar-refractivity contribution in [3.05, 3.63) is 35.9 Å². The highest BCUT2D eigenvalue weighted by atomic mass is 16.2. The first-order valence-electron chi connectivity index (χ1n) is 8.16. The van der Waals surface area contributed by atoms with E-state index >= 15 is 0 Å². The number of carbonyl (C=O) groups is 2.